The number of hydrogen-bond donors (Lipinski definition) is 2. The number of aromatic carboxylic acids is 1. The third kappa shape index (κ3) is 7.48. The van der Waals surface area contributed by atoms with Crippen LogP contribution in [0.3, 0.4) is 0 Å². The number of aryl methyl sites for hydroxylation is 1. The summed E-state index contributed by atoms with van der Waals surface area (Å²) in [6.07, 6.45) is 1.25. The molecule has 0 bridgehead atoms. The maximum Gasteiger partial charge on any atom is 0.389 e. The zero-order valence-corrected chi connectivity index (χ0v) is 16.2. The first-order valence-corrected chi connectivity index (χ1v) is 9.31. The minimum Gasteiger partial charge on any atom is -0.495 e. The molecule has 0 aliphatic heterocycles. The van der Waals surface area contributed by atoms with Crippen molar-refractivity contribution in [2.45, 2.75) is 75.8 Å². The fourth-order valence-electron chi connectivity index (χ4n) is 2.96. The molecule has 3 nitrogen and oxygen atoms in total. The number of benzene rings is 1. The highest BCUT2D eigenvalue weighted by molar-refractivity contribution is 7.80. The van der Waals surface area contributed by atoms with Crippen LogP contribution >= 0.6 is 12.6 Å². The van der Waals surface area contributed by atoms with E-state index in [9.17, 15) is 23.1 Å². The summed E-state index contributed by atoms with van der Waals surface area (Å²) < 4.78 is 41.5. The molecule has 0 spiro atoms. The predicted molar refractivity (Wildman–Crippen MR) is 98.6 cm³/mol. The second kappa shape index (κ2) is 10.7. The van der Waals surface area contributed by atoms with Gasteiger partial charge in [0, 0.05) is 6.42 Å². The number of hydrogen-bond acceptors (Lipinski definition) is 3. The summed E-state index contributed by atoms with van der Waals surface area (Å²) in [6, 6.07) is 1.65. The van der Waals surface area contributed by atoms with Crippen molar-refractivity contribution < 1.29 is 27.8 Å². The van der Waals surface area contributed by atoms with Gasteiger partial charge >= 0.3 is 12.1 Å². The topological polar surface area (TPSA) is 46.5 Å². The molecule has 1 aromatic carbocycles. The second-order valence-electron chi connectivity index (χ2n) is 6.49. The van der Waals surface area contributed by atoms with Crippen molar-refractivity contribution in [3.8, 4) is 5.75 Å². The highest BCUT2D eigenvalue weighted by Gasteiger charge is 2.25. The van der Waals surface area contributed by atoms with Crippen LogP contribution in [0.4, 0.5) is 13.2 Å². The normalized spacial score (nSPS) is 11.6. The third-order valence-corrected chi connectivity index (χ3v) is 4.96. The fourth-order valence-corrected chi connectivity index (χ4v) is 3.31. The van der Waals surface area contributed by atoms with E-state index in [2.05, 4.69) is 12.6 Å². The lowest BCUT2D eigenvalue weighted by Crippen LogP contribution is -2.06. The number of halogens is 3. The highest BCUT2D eigenvalue weighted by atomic mass is 32.1. The number of carbonyl (C=O) groups is 1. The van der Waals surface area contributed by atoms with E-state index < -0.39 is 18.6 Å². The minimum absolute atomic E-state index is 0.201. The molecule has 0 unspecified atom stereocenters. The summed E-state index contributed by atoms with van der Waals surface area (Å²) in [5, 5.41) is 9.30. The molecule has 26 heavy (non-hydrogen) atoms. The van der Waals surface area contributed by atoms with Crippen LogP contribution in [0.1, 0.15) is 72.9 Å². The predicted octanol–water partition coefficient (Wildman–Crippen LogP) is 6.22. The van der Waals surface area contributed by atoms with Crippen molar-refractivity contribution in [2.24, 2.45) is 0 Å². The number of unbranched alkanes of at least 4 members (excludes halogenated alkanes) is 6. The summed E-state index contributed by atoms with van der Waals surface area (Å²) in [7, 11) is 1.54. The van der Waals surface area contributed by atoms with Crippen molar-refractivity contribution in [1.29, 1.82) is 0 Å². The van der Waals surface area contributed by atoms with E-state index in [-0.39, 0.29) is 12.0 Å². The maximum absolute atomic E-state index is 12.0. The lowest BCUT2D eigenvalue weighted by molar-refractivity contribution is -0.135. The molecule has 0 saturated heterocycles. The fraction of sp³-hybridized carbons (Fsp3) is 0.632. The van der Waals surface area contributed by atoms with Crippen LogP contribution in [0.15, 0.2) is 11.0 Å². The third-order valence-electron chi connectivity index (χ3n) is 4.43. The zero-order valence-electron chi connectivity index (χ0n) is 15.3. The second-order valence-corrected chi connectivity index (χ2v) is 6.93. The molecule has 0 aromatic heterocycles. The van der Waals surface area contributed by atoms with E-state index >= 15 is 0 Å². The maximum atomic E-state index is 12.0. The van der Waals surface area contributed by atoms with Crippen LogP contribution < -0.4 is 4.74 Å². The molecule has 1 N–H and O–H groups in total. The van der Waals surface area contributed by atoms with Gasteiger partial charge in [0.15, 0.2) is 0 Å². The Kier molecular flexibility index (Phi) is 9.33. The van der Waals surface area contributed by atoms with Crippen LogP contribution in [-0.2, 0) is 6.42 Å². The van der Waals surface area contributed by atoms with Gasteiger partial charge in [-0.2, -0.15) is 13.2 Å². The number of rotatable bonds is 11. The molecule has 0 aliphatic carbocycles. The summed E-state index contributed by atoms with van der Waals surface area (Å²) in [6.45, 7) is 1.71. The van der Waals surface area contributed by atoms with Crippen LogP contribution in [0.25, 0.3) is 0 Å². The van der Waals surface area contributed by atoms with Gasteiger partial charge in [-0.3, -0.25) is 0 Å². The van der Waals surface area contributed by atoms with Crippen LogP contribution in [-0.4, -0.2) is 24.4 Å². The lowest BCUT2D eigenvalue weighted by atomic mass is 9.98. The molecule has 0 atom stereocenters. The molecular formula is C19H27F3O3S. The van der Waals surface area contributed by atoms with Crippen molar-refractivity contribution in [1.82, 2.24) is 0 Å². The average molecular weight is 392 g/mol. The highest BCUT2D eigenvalue weighted by Crippen LogP contribution is 2.34. The van der Waals surface area contributed by atoms with Gasteiger partial charge in [0.1, 0.15) is 5.75 Å². The van der Waals surface area contributed by atoms with E-state index in [1.165, 1.54) is 0 Å². The Morgan fingerprint density at radius 2 is 1.65 bits per heavy atom. The minimum atomic E-state index is -4.05. The molecule has 0 heterocycles. The first-order chi connectivity index (χ1) is 12.2. The molecule has 0 radical (unpaired) electrons. The number of methoxy groups -OCH3 is 1. The Labute approximate surface area is 158 Å². The van der Waals surface area contributed by atoms with Crippen molar-refractivity contribution in [3.63, 3.8) is 0 Å². The van der Waals surface area contributed by atoms with Gasteiger partial charge in [0.05, 0.1) is 17.6 Å². The number of thiol groups is 1. The molecule has 7 heteroatoms. The SMILES string of the molecule is COc1c(CCCCCCCCCC(F)(F)F)cc(C(=O)O)c(C)c1S. The average Bonchev–Trinajstić information content (AvgIpc) is 2.55. The van der Waals surface area contributed by atoms with Gasteiger partial charge in [-0.1, -0.05) is 32.1 Å². The number of ether oxygens (including phenoxy) is 1. The number of carboxylic acids is 1. The molecule has 1 aromatic rings. The molecule has 148 valence electrons. The zero-order chi connectivity index (χ0) is 19.7. The van der Waals surface area contributed by atoms with E-state index in [1.54, 1.807) is 20.1 Å². The van der Waals surface area contributed by atoms with Crippen LogP contribution in [0.5, 0.6) is 5.75 Å². The monoisotopic (exact) mass is 392 g/mol. The quantitative estimate of drug-likeness (QED) is 0.347. The van der Waals surface area contributed by atoms with Crippen LogP contribution in [0, 0.1) is 6.92 Å². The largest absolute Gasteiger partial charge is 0.495 e. The van der Waals surface area contributed by atoms with Crippen molar-refractivity contribution in [2.75, 3.05) is 7.11 Å². The van der Waals surface area contributed by atoms with Gasteiger partial charge in [-0.05, 0) is 43.4 Å². The Balaban J connectivity index is 2.40. The molecule has 0 fully saturated rings. The summed E-state index contributed by atoms with van der Waals surface area (Å²) >= 11 is 4.39. The Morgan fingerprint density at radius 1 is 1.12 bits per heavy atom. The summed E-state index contributed by atoms with van der Waals surface area (Å²) in [5.74, 6) is -0.372. The van der Waals surface area contributed by atoms with E-state index in [0.29, 0.717) is 29.1 Å². The Hall–Kier alpha value is -1.37. The van der Waals surface area contributed by atoms with E-state index in [1.807, 2.05) is 0 Å². The Morgan fingerprint density at radius 3 is 2.15 bits per heavy atom. The smallest absolute Gasteiger partial charge is 0.389 e. The first-order valence-electron chi connectivity index (χ1n) is 8.87. The Bertz CT molecular complexity index is 601. The molecule has 0 aliphatic rings. The van der Waals surface area contributed by atoms with Crippen LogP contribution in [0.2, 0.25) is 0 Å². The first kappa shape index (κ1) is 22.7. The molecule has 0 amide bonds. The standard InChI is InChI=1S/C19H27F3O3S/c1-13-15(18(23)24)12-14(16(25-2)17(13)26)10-8-6-4-3-5-7-9-11-19(20,21)22/h12,26H,3-11H2,1-2H3,(H,23,24). The summed E-state index contributed by atoms with van der Waals surface area (Å²) in [5.41, 5.74) is 1.64. The lowest BCUT2D eigenvalue weighted by Gasteiger charge is -2.15. The summed E-state index contributed by atoms with van der Waals surface area (Å²) in [4.78, 5) is 11.9. The van der Waals surface area contributed by atoms with Gasteiger partial charge in [0.2, 0.25) is 0 Å². The van der Waals surface area contributed by atoms with Crippen molar-refractivity contribution >= 4 is 18.6 Å². The van der Waals surface area contributed by atoms with Gasteiger partial charge in [0.25, 0.3) is 0 Å². The number of carboxylic acid groups (broad SMARTS) is 1. The molecule has 1 rings (SSSR count). The molecule has 0 saturated carbocycles. The van der Waals surface area contributed by atoms with E-state index in [0.717, 1.165) is 37.7 Å². The van der Waals surface area contributed by atoms with Gasteiger partial charge < -0.3 is 9.84 Å². The van der Waals surface area contributed by atoms with Gasteiger partial charge in [-0.15, -0.1) is 12.6 Å². The van der Waals surface area contributed by atoms with Gasteiger partial charge in [-0.25, -0.2) is 4.79 Å². The number of alkyl halides is 3. The van der Waals surface area contributed by atoms with Crippen molar-refractivity contribution in [3.05, 3.63) is 22.8 Å². The molecular weight excluding hydrogens is 365 g/mol. The van der Waals surface area contributed by atoms with E-state index in [4.69, 9.17) is 4.74 Å².